The lowest BCUT2D eigenvalue weighted by Crippen LogP contribution is -2.43. The Morgan fingerprint density at radius 3 is 2.38 bits per heavy atom. The second-order valence-corrected chi connectivity index (χ2v) is 5.21. The summed E-state index contributed by atoms with van der Waals surface area (Å²) in [5.41, 5.74) is 7.10. The van der Waals surface area contributed by atoms with Crippen molar-refractivity contribution in [2.45, 2.75) is 45.3 Å². The average Bonchev–Trinajstić information content (AvgIpc) is 2.18. The van der Waals surface area contributed by atoms with E-state index in [1.807, 2.05) is 0 Å². The van der Waals surface area contributed by atoms with Crippen molar-refractivity contribution < 1.29 is 4.74 Å². The van der Waals surface area contributed by atoms with E-state index in [4.69, 9.17) is 10.5 Å². The summed E-state index contributed by atoms with van der Waals surface area (Å²) in [7, 11) is 0. The molecule has 0 spiro atoms. The highest BCUT2D eigenvalue weighted by molar-refractivity contribution is 5.27. The largest absolute Gasteiger partial charge is 0.490 e. The summed E-state index contributed by atoms with van der Waals surface area (Å²) in [5, 5.41) is 0. The summed E-state index contributed by atoms with van der Waals surface area (Å²) < 4.78 is 5.80. The molecule has 0 saturated heterocycles. The minimum absolute atomic E-state index is 0.339. The first-order valence-corrected chi connectivity index (χ1v) is 6.14. The Labute approximate surface area is 97.8 Å². The Morgan fingerprint density at radius 1 is 1.25 bits per heavy atom. The molecule has 1 aliphatic rings. The summed E-state index contributed by atoms with van der Waals surface area (Å²) in [4.78, 5) is 0. The van der Waals surface area contributed by atoms with Crippen LogP contribution < -0.4 is 10.5 Å². The van der Waals surface area contributed by atoms with Crippen LogP contribution in [0.25, 0.3) is 0 Å². The van der Waals surface area contributed by atoms with Crippen LogP contribution in [0.1, 0.15) is 32.3 Å². The van der Waals surface area contributed by atoms with E-state index in [1.165, 1.54) is 5.56 Å². The maximum Gasteiger partial charge on any atom is 0.119 e. The van der Waals surface area contributed by atoms with Gasteiger partial charge in [-0.3, -0.25) is 0 Å². The molecule has 0 heterocycles. The molecule has 1 aromatic carbocycles. The third-order valence-corrected chi connectivity index (χ3v) is 3.00. The number of ether oxygens (including phenoxy) is 1. The standard InChI is InChI=1S/C14H21NO/c1-10(2)7-11-3-5-13(6-4-11)16-14-8-12(15)9-14/h3-6,10,12,14H,7-9,15H2,1-2H3. The van der Waals surface area contributed by atoms with Gasteiger partial charge in [0, 0.05) is 6.04 Å². The van der Waals surface area contributed by atoms with Crippen molar-refractivity contribution in [3.8, 4) is 5.75 Å². The van der Waals surface area contributed by atoms with Crippen molar-refractivity contribution in [2.75, 3.05) is 0 Å². The van der Waals surface area contributed by atoms with Gasteiger partial charge in [-0.2, -0.15) is 0 Å². The molecule has 2 N–H and O–H groups in total. The molecular weight excluding hydrogens is 198 g/mol. The molecule has 0 radical (unpaired) electrons. The van der Waals surface area contributed by atoms with E-state index >= 15 is 0 Å². The normalized spacial score (nSPS) is 24.2. The van der Waals surface area contributed by atoms with Crippen LogP contribution in [0.3, 0.4) is 0 Å². The summed E-state index contributed by atoms with van der Waals surface area (Å²) >= 11 is 0. The van der Waals surface area contributed by atoms with Crippen molar-refractivity contribution in [2.24, 2.45) is 11.7 Å². The second-order valence-electron chi connectivity index (χ2n) is 5.21. The molecule has 2 heteroatoms. The number of nitrogens with two attached hydrogens (primary N) is 1. The predicted octanol–water partition coefficient (Wildman–Crippen LogP) is 2.75. The Morgan fingerprint density at radius 2 is 1.88 bits per heavy atom. The van der Waals surface area contributed by atoms with Crippen molar-refractivity contribution in [3.63, 3.8) is 0 Å². The Balaban J connectivity index is 1.87. The Bertz CT molecular complexity index is 325. The van der Waals surface area contributed by atoms with E-state index in [1.54, 1.807) is 0 Å². The zero-order valence-electron chi connectivity index (χ0n) is 10.1. The molecule has 16 heavy (non-hydrogen) atoms. The third-order valence-electron chi connectivity index (χ3n) is 3.00. The van der Waals surface area contributed by atoms with E-state index in [-0.39, 0.29) is 0 Å². The van der Waals surface area contributed by atoms with Crippen LogP contribution in [-0.2, 0) is 6.42 Å². The lowest BCUT2D eigenvalue weighted by Gasteiger charge is -2.32. The number of hydrogen-bond donors (Lipinski definition) is 1. The first-order chi connectivity index (χ1) is 7.63. The molecule has 1 saturated carbocycles. The van der Waals surface area contributed by atoms with Gasteiger partial charge in [-0.1, -0.05) is 26.0 Å². The van der Waals surface area contributed by atoms with Gasteiger partial charge in [0.15, 0.2) is 0 Å². The lowest BCUT2D eigenvalue weighted by atomic mass is 9.90. The van der Waals surface area contributed by atoms with E-state index in [0.29, 0.717) is 18.1 Å². The smallest absolute Gasteiger partial charge is 0.119 e. The van der Waals surface area contributed by atoms with Crippen molar-refractivity contribution in [1.82, 2.24) is 0 Å². The molecule has 0 amide bonds. The van der Waals surface area contributed by atoms with Gasteiger partial charge in [0.05, 0.1) is 0 Å². The summed E-state index contributed by atoms with van der Waals surface area (Å²) in [6, 6.07) is 8.82. The number of rotatable bonds is 4. The molecule has 88 valence electrons. The van der Waals surface area contributed by atoms with Crippen LogP contribution in [0.5, 0.6) is 5.75 Å². The van der Waals surface area contributed by atoms with Gasteiger partial charge in [-0.25, -0.2) is 0 Å². The van der Waals surface area contributed by atoms with Crippen LogP contribution in [-0.4, -0.2) is 12.1 Å². The molecule has 0 bridgehead atoms. The van der Waals surface area contributed by atoms with Crippen LogP contribution in [0.2, 0.25) is 0 Å². The van der Waals surface area contributed by atoms with Crippen molar-refractivity contribution in [3.05, 3.63) is 29.8 Å². The maximum atomic E-state index is 5.80. The highest BCUT2D eigenvalue weighted by Gasteiger charge is 2.27. The minimum atomic E-state index is 0.339. The Kier molecular flexibility index (Phi) is 3.49. The topological polar surface area (TPSA) is 35.2 Å². The van der Waals surface area contributed by atoms with E-state index < -0.39 is 0 Å². The maximum absolute atomic E-state index is 5.80. The molecule has 1 aliphatic carbocycles. The fourth-order valence-corrected chi connectivity index (χ4v) is 2.07. The average molecular weight is 219 g/mol. The molecule has 2 nitrogen and oxygen atoms in total. The van der Waals surface area contributed by atoms with Crippen molar-refractivity contribution >= 4 is 0 Å². The molecular formula is C14H21NO. The van der Waals surface area contributed by atoms with E-state index in [9.17, 15) is 0 Å². The molecule has 0 aromatic heterocycles. The minimum Gasteiger partial charge on any atom is -0.490 e. The number of benzene rings is 1. The van der Waals surface area contributed by atoms with Gasteiger partial charge < -0.3 is 10.5 Å². The molecule has 0 unspecified atom stereocenters. The molecule has 1 fully saturated rings. The van der Waals surface area contributed by atoms with Gasteiger partial charge in [0.2, 0.25) is 0 Å². The van der Waals surface area contributed by atoms with Crippen molar-refractivity contribution in [1.29, 1.82) is 0 Å². The van der Waals surface area contributed by atoms with Gasteiger partial charge in [-0.05, 0) is 42.9 Å². The lowest BCUT2D eigenvalue weighted by molar-refractivity contribution is 0.101. The third kappa shape index (κ3) is 2.99. The van der Waals surface area contributed by atoms with Crippen LogP contribution >= 0.6 is 0 Å². The zero-order chi connectivity index (χ0) is 11.5. The first kappa shape index (κ1) is 11.5. The fourth-order valence-electron chi connectivity index (χ4n) is 2.07. The SMILES string of the molecule is CC(C)Cc1ccc(OC2CC(N)C2)cc1. The summed E-state index contributed by atoms with van der Waals surface area (Å²) in [6.07, 6.45) is 3.46. The number of hydrogen-bond acceptors (Lipinski definition) is 2. The molecule has 0 aliphatic heterocycles. The monoisotopic (exact) mass is 219 g/mol. The van der Waals surface area contributed by atoms with Crippen LogP contribution in [0.15, 0.2) is 24.3 Å². The van der Waals surface area contributed by atoms with Gasteiger partial charge in [-0.15, -0.1) is 0 Å². The zero-order valence-corrected chi connectivity index (χ0v) is 10.1. The second kappa shape index (κ2) is 4.88. The van der Waals surface area contributed by atoms with Crippen LogP contribution in [0.4, 0.5) is 0 Å². The first-order valence-electron chi connectivity index (χ1n) is 6.14. The highest BCUT2D eigenvalue weighted by Crippen LogP contribution is 2.24. The summed E-state index contributed by atoms with van der Waals surface area (Å²) in [5.74, 6) is 1.68. The van der Waals surface area contributed by atoms with E-state index in [2.05, 4.69) is 38.1 Å². The van der Waals surface area contributed by atoms with Gasteiger partial charge >= 0.3 is 0 Å². The quantitative estimate of drug-likeness (QED) is 0.845. The molecule has 2 rings (SSSR count). The molecule has 0 atom stereocenters. The Hall–Kier alpha value is -1.02. The fraction of sp³-hybridized carbons (Fsp3) is 0.571. The predicted molar refractivity (Wildman–Crippen MR) is 66.6 cm³/mol. The van der Waals surface area contributed by atoms with E-state index in [0.717, 1.165) is 25.0 Å². The van der Waals surface area contributed by atoms with Gasteiger partial charge in [0.1, 0.15) is 11.9 Å². The van der Waals surface area contributed by atoms with Crippen LogP contribution in [0, 0.1) is 5.92 Å². The highest BCUT2D eigenvalue weighted by atomic mass is 16.5. The van der Waals surface area contributed by atoms with Gasteiger partial charge in [0.25, 0.3) is 0 Å². The summed E-state index contributed by atoms with van der Waals surface area (Å²) in [6.45, 7) is 4.47. The molecule has 1 aromatic rings.